The van der Waals surface area contributed by atoms with Crippen LogP contribution in [0.1, 0.15) is 24.8 Å². The van der Waals surface area contributed by atoms with Gasteiger partial charge in [0.25, 0.3) is 0 Å². The normalized spacial score (nSPS) is 19.0. The Balaban J connectivity index is 1.91. The molecule has 2 aromatic rings. The number of carbonyl (C=O) groups excluding carboxylic acids is 2. The molecule has 4 heteroatoms. The first-order valence-corrected chi connectivity index (χ1v) is 7.68. The van der Waals surface area contributed by atoms with E-state index >= 15 is 0 Å². The number of amides is 2. The molecule has 1 saturated heterocycles. The molecule has 2 unspecified atom stereocenters. The molecule has 4 nitrogen and oxygen atoms in total. The van der Waals surface area contributed by atoms with E-state index in [0.717, 1.165) is 5.56 Å². The predicted octanol–water partition coefficient (Wildman–Crippen LogP) is 3.38. The van der Waals surface area contributed by atoms with Gasteiger partial charge in [-0.2, -0.15) is 0 Å². The third-order valence-corrected chi connectivity index (χ3v) is 4.44. The summed E-state index contributed by atoms with van der Waals surface area (Å²) in [7, 11) is 1.54. The molecule has 0 bridgehead atoms. The van der Waals surface area contributed by atoms with Crippen molar-refractivity contribution in [2.75, 3.05) is 12.0 Å². The van der Waals surface area contributed by atoms with E-state index in [9.17, 15) is 9.59 Å². The average Bonchev–Trinajstić information content (AvgIpc) is 2.89. The van der Waals surface area contributed by atoms with E-state index in [1.54, 1.807) is 18.2 Å². The Hall–Kier alpha value is -2.62. The quantitative estimate of drug-likeness (QED) is 0.813. The first kappa shape index (κ1) is 15.3. The van der Waals surface area contributed by atoms with Gasteiger partial charge in [0, 0.05) is 6.42 Å². The fourth-order valence-electron chi connectivity index (χ4n) is 3.10. The Bertz CT molecular complexity index is 726. The number of para-hydroxylation sites is 2. The molecule has 2 amide bonds. The van der Waals surface area contributed by atoms with E-state index in [2.05, 4.69) is 0 Å². The maximum atomic E-state index is 12.8. The van der Waals surface area contributed by atoms with Gasteiger partial charge in [0.15, 0.2) is 0 Å². The smallest absolute Gasteiger partial charge is 0.238 e. The summed E-state index contributed by atoms with van der Waals surface area (Å²) < 4.78 is 5.29. The average molecular weight is 309 g/mol. The van der Waals surface area contributed by atoms with Crippen LogP contribution in [0.15, 0.2) is 54.6 Å². The largest absolute Gasteiger partial charge is 0.495 e. The molecule has 1 heterocycles. The molecule has 0 aliphatic carbocycles. The van der Waals surface area contributed by atoms with E-state index in [0.29, 0.717) is 11.4 Å². The van der Waals surface area contributed by atoms with Gasteiger partial charge in [-0.25, -0.2) is 4.90 Å². The molecular formula is C19H19NO3. The first-order chi connectivity index (χ1) is 11.1. The summed E-state index contributed by atoms with van der Waals surface area (Å²) in [4.78, 5) is 26.6. The van der Waals surface area contributed by atoms with Crippen LogP contribution in [0.25, 0.3) is 0 Å². The van der Waals surface area contributed by atoms with Gasteiger partial charge in [-0.3, -0.25) is 9.59 Å². The SMILES string of the molecule is COc1ccccc1N1C(=O)CC(C(C)c2ccccc2)C1=O. The summed E-state index contributed by atoms with van der Waals surface area (Å²) in [6.45, 7) is 2.00. The molecule has 0 N–H and O–H groups in total. The number of rotatable bonds is 4. The van der Waals surface area contributed by atoms with Crippen molar-refractivity contribution in [1.29, 1.82) is 0 Å². The minimum Gasteiger partial charge on any atom is -0.495 e. The number of hydrogen-bond acceptors (Lipinski definition) is 3. The minimum atomic E-state index is -0.338. The van der Waals surface area contributed by atoms with Gasteiger partial charge in [-0.1, -0.05) is 49.4 Å². The summed E-state index contributed by atoms with van der Waals surface area (Å²) in [6.07, 6.45) is 0.229. The Kier molecular flexibility index (Phi) is 4.15. The third kappa shape index (κ3) is 2.72. The second-order valence-corrected chi connectivity index (χ2v) is 5.75. The highest BCUT2D eigenvalue weighted by molar-refractivity contribution is 6.21. The van der Waals surface area contributed by atoms with E-state index in [-0.39, 0.29) is 30.1 Å². The number of hydrogen-bond donors (Lipinski definition) is 0. The lowest BCUT2D eigenvalue weighted by molar-refractivity contribution is -0.122. The van der Waals surface area contributed by atoms with Crippen LogP contribution in [0.5, 0.6) is 5.75 Å². The van der Waals surface area contributed by atoms with Crippen LogP contribution in [0.4, 0.5) is 5.69 Å². The fraction of sp³-hybridized carbons (Fsp3) is 0.263. The number of anilines is 1. The molecule has 23 heavy (non-hydrogen) atoms. The number of methoxy groups -OCH3 is 1. The van der Waals surface area contributed by atoms with Crippen LogP contribution in [0.2, 0.25) is 0 Å². The van der Waals surface area contributed by atoms with Crippen molar-refractivity contribution in [3.05, 3.63) is 60.2 Å². The van der Waals surface area contributed by atoms with Crippen molar-refractivity contribution in [1.82, 2.24) is 0 Å². The number of carbonyl (C=O) groups is 2. The molecule has 3 rings (SSSR count). The molecule has 0 spiro atoms. The van der Waals surface area contributed by atoms with Gasteiger partial charge in [0.2, 0.25) is 11.8 Å². The van der Waals surface area contributed by atoms with Gasteiger partial charge in [0.1, 0.15) is 5.75 Å². The Morgan fingerprint density at radius 1 is 1.04 bits per heavy atom. The van der Waals surface area contributed by atoms with E-state index in [1.165, 1.54) is 12.0 Å². The highest BCUT2D eigenvalue weighted by Crippen LogP contribution is 2.38. The highest BCUT2D eigenvalue weighted by Gasteiger charge is 2.43. The molecule has 118 valence electrons. The predicted molar refractivity (Wildman–Crippen MR) is 88.5 cm³/mol. The van der Waals surface area contributed by atoms with E-state index in [4.69, 9.17) is 4.74 Å². The maximum Gasteiger partial charge on any atom is 0.238 e. The number of imide groups is 1. The summed E-state index contributed by atoms with van der Waals surface area (Å²) in [5.74, 6) is -0.146. The zero-order chi connectivity index (χ0) is 16.4. The second-order valence-electron chi connectivity index (χ2n) is 5.75. The molecule has 1 aliphatic heterocycles. The molecule has 2 aromatic carbocycles. The lowest BCUT2D eigenvalue weighted by Gasteiger charge is -2.20. The van der Waals surface area contributed by atoms with Gasteiger partial charge in [-0.15, -0.1) is 0 Å². The van der Waals surface area contributed by atoms with Crippen LogP contribution in [0, 0.1) is 5.92 Å². The molecule has 1 aliphatic rings. The Morgan fingerprint density at radius 2 is 1.70 bits per heavy atom. The molecule has 0 saturated carbocycles. The fourth-order valence-corrected chi connectivity index (χ4v) is 3.10. The second kappa shape index (κ2) is 6.24. The van der Waals surface area contributed by atoms with Crippen molar-refractivity contribution in [2.45, 2.75) is 19.3 Å². The number of nitrogens with zero attached hydrogens (tertiary/aromatic N) is 1. The maximum absolute atomic E-state index is 12.8. The molecule has 2 atom stereocenters. The number of benzene rings is 2. The lowest BCUT2D eigenvalue weighted by Crippen LogP contribution is -2.31. The van der Waals surface area contributed by atoms with Crippen molar-refractivity contribution >= 4 is 17.5 Å². The third-order valence-electron chi connectivity index (χ3n) is 4.44. The van der Waals surface area contributed by atoms with Crippen molar-refractivity contribution in [3.63, 3.8) is 0 Å². The monoisotopic (exact) mass is 309 g/mol. The molecule has 0 radical (unpaired) electrons. The summed E-state index contributed by atoms with van der Waals surface area (Å²) in [6, 6.07) is 16.9. The Labute approximate surface area is 135 Å². The molecule has 0 aromatic heterocycles. The summed E-state index contributed by atoms with van der Waals surface area (Å²) >= 11 is 0. The molecule has 1 fully saturated rings. The van der Waals surface area contributed by atoms with E-state index in [1.807, 2.05) is 43.3 Å². The summed E-state index contributed by atoms with van der Waals surface area (Å²) in [5, 5.41) is 0. The van der Waals surface area contributed by atoms with Gasteiger partial charge >= 0.3 is 0 Å². The van der Waals surface area contributed by atoms with Crippen LogP contribution in [0.3, 0.4) is 0 Å². The van der Waals surface area contributed by atoms with Crippen LogP contribution in [-0.4, -0.2) is 18.9 Å². The zero-order valence-corrected chi connectivity index (χ0v) is 13.2. The van der Waals surface area contributed by atoms with E-state index < -0.39 is 0 Å². The van der Waals surface area contributed by atoms with Crippen LogP contribution in [-0.2, 0) is 9.59 Å². The zero-order valence-electron chi connectivity index (χ0n) is 13.2. The number of ether oxygens (including phenoxy) is 1. The standard InChI is InChI=1S/C19H19NO3/c1-13(14-8-4-3-5-9-14)15-12-18(21)20(19(15)22)16-10-6-7-11-17(16)23-2/h3-11,13,15H,12H2,1-2H3. The van der Waals surface area contributed by atoms with Crippen molar-refractivity contribution in [3.8, 4) is 5.75 Å². The first-order valence-electron chi connectivity index (χ1n) is 7.68. The molecular weight excluding hydrogens is 290 g/mol. The highest BCUT2D eigenvalue weighted by atomic mass is 16.5. The van der Waals surface area contributed by atoms with Gasteiger partial charge in [0.05, 0.1) is 18.7 Å². The summed E-state index contributed by atoms with van der Waals surface area (Å²) in [5.41, 5.74) is 1.59. The van der Waals surface area contributed by atoms with Crippen LogP contribution < -0.4 is 9.64 Å². The Morgan fingerprint density at radius 3 is 2.39 bits per heavy atom. The van der Waals surface area contributed by atoms with Crippen LogP contribution >= 0.6 is 0 Å². The minimum absolute atomic E-state index is 0.00708. The van der Waals surface area contributed by atoms with Gasteiger partial charge in [-0.05, 0) is 23.6 Å². The lowest BCUT2D eigenvalue weighted by atomic mass is 9.86. The van der Waals surface area contributed by atoms with Crippen molar-refractivity contribution in [2.24, 2.45) is 5.92 Å². The van der Waals surface area contributed by atoms with Crippen molar-refractivity contribution < 1.29 is 14.3 Å². The topological polar surface area (TPSA) is 46.6 Å². The van der Waals surface area contributed by atoms with Gasteiger partial charge < -0.3 is 4.74 Å².